The monoisotopic (exact) mass is 380 g/mol. The summed E-state index contributed by atoms with van der Waals surface area (Å²) in [5.41, 5.74) is 1.27. The Bertz CT molecular complexity index is 839. The van der Waals surface area contributed by atoms with Crippen molar-refractivity contribution in [3.63, 3.8) is 0 Å². The zero-order chi connectivity index (χ0) is 18.0. The van der Waals surface area contributed by atoms with Gasteiger partial charge >= 0.3 is 5.97 Å². The molecule has 2 heterocycles. The molecule has 0 N–H and O–H groups in total. The fourth-order valence-corrected chi connectivity index (χ4v) is 5.26. The molecule has 3 rings (SSSR count). The normalized spacial score (nSPS) is 14.1. The first-order valence-corrected chi connectivity index (χ1v) is 10.6. The Morgan fingerprint density at radius 1 is 1.36 bits per heavy atom. The van der Waals surface area contributed by atoms with E-state index in [4.69, 9.17) is 9.72 Å². The number of carbonyl (C=O) groups is 1. The average molecular weight is 381 g/mol. The first kappa shape index (κ1) is 18.5. The molecule has 1 aliphatic rings. The van der Waals surface area contributed by atoms with Crippen LogP contribution in [0.25, 0.3) is 10.2 Å². The minimum Gasteiger partial charge on any atom is -0.468 e. The van der Waals surface area contributed by atoms with E-state index in [-0.39, 0.29) is 17.3 Å². The highest BCUT2D eigenvalue weighted by Crippen LogP contribution is 2.34. The van der Waals surface area contributed by atoms with Crippen molar-refractivity contribution in [2.45, 2.75) is 57.7 Å². The van der Waals surface area contributed by atoms with Crippen LogP contribution < -0.4 is 5.56 Å². The molecule has 0 fully saturated rings. The van der Waals surface area contributed by atoms with Crippen LogP contribution >= 0.6 is 23.1 Å². The highest BCUT2D eigenvalue weighted by atomic mass is 32.2. The van der Waals surface area contributed by atoms with Crippen LogP contribution in [0.2, 0.25) is 0 Å². The number of aryl methyl sites for hydroxylation is 2. The Morgan fingerprint density at radius 3 is 2.84 bits per heavy atom. The van der Waals surface area contributed by atoms with E-state index in [9.17, 15) is 9.59 Å². The van der Waals surface area contributed by atoms with Gasteiger partial charge in [-0.25, -0.2) is 4.98 Å². The lowest BCUT2D eigenvalue weighted by Crippen LogP contribution is -2.25. The van der Waals surface area contributed by atoms with Gasteiger partial charge in [-0.05, 0) is 43.6 Å². The van der Waals surface area contributed by atoms with Gasteiger partial charge in [0.25, 0.3) is 5.56 Å². The van der Waals surface area contributed by atoms with Crippen molar-refractivity contribution in [2.24, 2.45) is 5.92 Å². The molecule has 7 heteroatoms. The van der Waals surface area contributed by atoms with E-state index < -0.39 is 0 Å². The lowest BCUT2D eigenvalue weighted by molar-refractivity contribution is -0.137. The predicted octanol–water partition coefficient (Wildman–Crippen LogP) is 3.65. The Labute approximate surface area is 155 Å². The molecule has 0 amide bonds. The second kappa shape index (κ2) is 7.91. The molecule has 0 atom stereocenters. The van der Waals surface area contributed by atoms with Crippen molar-refractivity contribution in [3.8, 4) is 0 Å². The van der Waals surface area contributed by atoms with Gasteiger partial charge in [0.05, 0.1) is 18.2 Å². The fourth-order valence-electron chi connectivity index (χ4n) is 3.10. The highest BCUT2D eigenvalue weighted by molar-refractivity contribution is 7.99. The Morgan fingerprint density at radius 2 is 2.12 bits per heavy atom. The van der Waals surface area contributed by atoms with Gasteiger partial charge in [-0.2, -0.15) is 0 Å². The number of hydrogen-bond donors (Lipinski definition) is 0. The van der Waals surface area contributed by atoms with E-state index in [2.05, 4.69) is 13.8 Å². The zero-order valence-electron chi connectivity index (χ0n) is 15.0. The third-order valence-corrected chi connectivity index (χ3v) is 6.65. The number of nitrogens with zero attached hydrogens (tertiary/aromatic N) is 2. The lowest BCUT2D eigenvalue weighted by Gasteiger charge is -2.14. The van der Waals surface area contributed by atoms with Gasteiger partial charge in [-0.1, -0.05) is 25.6 Å². The molecule has 0 aliphatic heterocycles. The molecule has 0 saturated heterocycles. The van der Waals surface area contributed by atoms with Crippen molar-refractivity contribution in [1.82, 2.24) is 9.55 Å². The van der Waals surface area contributed by atoms with Crippen LogP contribution in [0.4, 0.5) is 0 Å². The minimum atomic E-state index is -0.305. The number of rotatable bonds is 6. The SMILES string of the molecule is COC(=O)CSc1nc2sc3c(c2c(=O)n1CCC(C)C)CCCC3. The second-order valence-corrected chi connectivity index (χ2v) is 8.82. The molecule has 0 aromatic carbocycles. The maximum atomic E-state index is 13.2. The third kappa shape index (κ3) is 3.92. The van der Waals surface area contributed by atoms with Gasteiger partial charge in [0.1, 0.15) is 4.83 Å². The number of carbonyl (C=O) groups excluding carboxylic acids is 1. The van der Waals surface area contributed by atoms with E-state index in [1.807, 2.05) is 0 Å². The molecule has 0 radical (unpaired) electrons. The Hall–Kier alpha value is -1.34. The largest absolute Gasteiger partial charge is 0.468 e. The van der Waals surface area contributed by atoms with Gasteiger partial charge in [0.2, 0.25) is 0 Å². The lowest BCUT2D eigenvalue weighted by atomic mass is 9.97. The van der Waals surface area contributed by atoms with Gasteiger partial charge in [-0.3, -0.25) is 14.2 Å². The van der Waals surface area contributed by atoms with Crippen molar-refractivity contribution >= 4 is 39.3 Å². The molecular formula is C18H24N2O3S2. The molecule has 2 aromatic rings. The van der Waals surface area contributed by atoms with Crippen LogP contribution in [0.1, 0.15) is 43.6 Å². The Kier molecular flexibility index (Phi) is 5.84. The molecule has 25 heavy (non-hydrogen) atoms. The van der Waals surface area contributed by atoms with Gasteiger partial charge in [-0.15, -0.1) is 11.3 Å². The molecular weight excluding hydrogens is 356 g/mol. The number of thiophene rings is 1. The summed E-state index contributed by atoms with van der Waals surface area (Å²) >= 11 is 2.94. The van der Waals surface area contributed by atoms with Crippen LogP contribution in [-0.4, -0.2) is 28.4 Å². The van der Waals surface area contributed by atoms with Crippen LogP contribution in [0, 0.1) is 5.92 Å². The van der Waals surface area contributed by atoms with Crippen molar-refractivity contribution < 1.29 is 9.53 Å². The summed E-state index contributed by atoms with van der Waals surface area (Å²) in [6.45, 7) is 4.92. The minimum absolute atomic E-state index is 0.0532. The van der Waals surface area contributed by atoms with Crippen LogP contribution in [0.3, 0.4) is 0 Å². The molecule has 136 valence electrons. The summed E-state index contributed by atoms with van der Waals surface area (Å²) in [5.74, 6) is 0.360. The number of methoxy groups -OCH3 is 1. The predicted molar refractivity (Wildman–Crippen MR) is 103 cm³/mol. The number of fused-ring (bicyclic) bond motifs is 3. The average Bonchev–Trinajstić information content (AvgIpc) is 2.97. The van der Waals surface area contributed by atoms with E-state index >= 15 is 0 Å². The van der Waals surface area contributed by atoms with E-state index in [0.717, 1.165) is 35.9 Å². The topological polar surface area (TPSA) is 61.2 Å². The number of ether oxygens (including phenoxy) is 1. The highest BCUT2D eigenvalue weighted by Gasteiger charge is 2.22. The van der Waals surface area contributed by atoms with Crippen LogP contribution in [0.15, 0.2) is 9.95 Å². The summed E-state index contributed by atoms with van der Waals surface area (Å²) in [6, 6.07) is 0. The third-order valence-electron chi connectivity index (χ3n) is 4.52. The molecule has 0 spiro atoms. The van der Waals surface area contributed by atoms with Crippen LogP contribution in [0.5, 0.6) is 0 Å². The number of aromatic nitrogens is 2. The quantitative estimate of drug-likeness (QED) is 0.435. The molecule has 0 unspecified atom stereocenters. The standard InChI is InChI=1S/C18H24N2O3S2/c1-11(2)8-9-20-17(22)15-12-6-4-5-7-13(12)25-16(15)19-18(20)24-10-14(21)23-3/h11H,4-10H2,1-3H3. The molecule has 0 saturated carbocycles. The van der Waals surface area contributed by atoms with Crippen molar-refractivity contribution in [3.05, 3.63) is 20.8 Å². The van der Waals surface area contributed by atoms with Crippen molar-refractivity contribution in [2.75, 3.05) is 12.9 Å². The van der Waals surface area contributed by atoms with Crippen molar-refractivity contribution in [1.29, 1.82) is 0 Å². The van der Waals surface area contributed by atoms with E-state index in [0.29, 0.717) is 17.6 Å². The fraction of sp³-hybridized carbons (Fsp3) is 0.611. The van der Waals surface area contributed by atoms with E-state index in [1.165, 1.54) is 35.7 Å². The molecule has 5 nitrogen and oxygen atoms in total. The Balaban J connectivity index is 2.07. The molecule has 2 aromatic heterocycles. The smallest absolute Gasteiger partial charge is 0.316 e. The summed E-state index contributed by atoms with van der Waals surface area (Å²) in [4.78, 5) is 31.6. The molecule has 0 bridgehead atoms. The zero-order valence-corrected chi connectivity index (χ0v) is 16.6. The summed E-state index contributed by atoms with van der Waals surface area (Å²) in [7, 11) is 1.37. The molecule has 1 aliphatic carbocycles. The summed E-state index contributed by atoms with van der Waals surface area (Å²) < 4.78 is 6.48. The first-order valence-electron chi connectivity index (χ1n) is 8.76. The van der Waals surface area contributed by atoms with Gasteiger partial charge < -0.3 is 4.74 Å². The van der Waals surface area contributed by atoms with Crippen LogP contribution in [-0.2, 0) is 28.9 Å². The number of thioether (sulfide) groups is 1. The maximum absolute atomic E-state index is 13.2. The first-order chi connectivity index (χ1) is 12.0. The second-order valence-electron chi connectivity index (χ2n) is 6.79. The van der Waals surface area contributed by atoms with Gasteiger partial charge in [0.15, 0.2) is 5.16 Å². The maximum Gasteiger partial charge on any atom is 0.316 e. The summed E-state index contributed by atoms with van der Waals surface area (Å²) in [6.07, 6.45) is 5.26. The number of esters is 1. The van der Waals surface area contributed by atoms with Gasteiger partial charge in [0, 0.05) is 11.4 Å². The number of hydrogen-bond acceptors (Lipinski definition) is 6. The van der Waals surface area contributed by atoms with E-state index in [1.54, 1.807) is 15.9 Å². The summed E-state index contributed by atoms with van der Waals surface area (Å²) in [5, 5.41) is 1.44.